The second-order valence-corrected chi connectivity index (χ2v) is 6.20. The van der Waals surface area contributed by atoms with E-state index in [2.05, 4.69) is 16.3 Å². The predicted molar refractivity (Wildman–Crippen MR) is 100 cm³/mol. The molecule has 0 aliphatic carbocycles. The molecule has 6 heteroatoms. The number of nitriles is 1. The van der Waals surface area contributed by atoms with E-state index in [9.17, 15) is 9.59 Å². The predicted octanol–water partition coefficient (Wildman–Crippen LogP) is 3.11. The van der Waals surface area contributed by atoms with Crippen molar-refractivity contribution in [1.82, 2.24) is 4.90 Å². The summed E-state index contributed by atoms with van der Waals surface area (Å²) in [5.41, 5.74) is 2.93. The number of benzene rings is 2. The third kappa shape index (κ3) is 4.01. The zero-order valence-corrected chi connectivity index (χ0v) is 14.6. The number of hydrogen-bond acceptors (Lipinski definition) is 4. The molecule has 0 unspecified atom stereocenters. The van der Waals surface area contributed by atoms with Crippen molar-refractivity contribution in [3.8, 4) is 6.07 Å². The van der Waals surface area contributed by atoms with Crippen molar-refractivity contribution in [2.45, 2.75) is 6.92 Å². The maximum atomic E-state index is 12.4. The highest BCUT2D eigenvalue weighted by molar-refractivity contribution is 5.95. The molecule has 6 nitrogen and oxygen atoms in total. The monoisotopic (exact) mass is 348 g/mol. The number of ketones is 1. The van der Waals surface area contributed by atoms with Gasteiger partial charge in [-0.05, 0) is 49.4 Å². The molecule has 2 aromatic rings. The molecular formula is C20H20N4O2. The molecule has 0 radical (unpaired) electrons. The molecule has 2 amide bonds. The van der Waals surface area contributed by atoms with Crippen molar-refractivity contribution < 1.29 is 9.59 Å². The lowest BCUT2D eigenvalue weighted by Gasteiger charge is -2.36. The Bertz CT molecular complexity index is 847. The van der Waals surface area contributed by atoms with Gasteiger partial charge in [0.25, 0.3) is 0 Å². The SMILES string of the molecule is CC(=O)c1ccc(NC(=O)N2CCN(c3cccc(C#N)c3)CC2)cc1. The highest BCUT2D eigenvalue weighted by atomic mass is 16.2. The molecule has 26 heavy (non-hydrogen) atoms. The van der Waals surface area contributed by atoms with Crippen molar-refractivity contribution in [3.05, 3.63) is 59.7 Å². The van der Waals surface area contributed by atoms with Crippen LogP contribution in [0, 0.1) is 11.3 Å². The summed E-state index contributed by atoms with van der Waals surface area (Å²) in [5.74, 6) is -0.000495. The van der Waals surface area contributed by atoms with E-state index in [4.69, 9.17) is 5.26 Å². The van der Waals surface area contributed by atoms with E-state index in [1.807, 2.05) is 18.2 Å². The normalized spacial score (nSPS) is 13.8. The highest BCUT2D eigenvalue weighted by Crippen LogP contribution is 2.18. The molecule has 1 N–H and O–H groups in total. The summed E-state index contributed by atoms with van der Waals surface area (Å²) in [4.78, 5) is 27.7. The summed E-state index contributed by atoms with van der Waals surface area (Å²) >= 11 is 0. The summed E-state index contributed by atoms with van der Waals surface area (Å²) in [6.45, 7) is 4.15. The Balaban J connectivity index is 1.56. The van der Waals surface area contributed by atoms with Crippen LogP contribution in [0.2, 0.25) is 0 Å². The first-order valence-electron chi connectivity index (χ1n) is 8.49. The van der Waals surface area contributed by atoms with E-state index in [0.717, 1.165) is 5.69 Å². The molecule has 0 spiro atoms. The molecule has 0 saturated carbocycles. The number of nitrogens with zero attached hydrogens (tertiary/aromatic N) is 3. The summed E-state index contributed by atoms with van der Waals surface area (Å²) in [7, 11) is 0. The third-order valence-electron chi connectivity index (χ3n) is 4.45. The average molecular weight is 348 g/mol. The standard InChI is InChI=1S/C20H20N4O2/c1-15(25)17-5-7-18(8-6-17)22-20(26)24-11-9-23(10-12-24)19-4-2-3-16(13-19)14-21/h2-8,13H,9-12H2,1H3,(H,22,26). The fourth-order valence-corrected chi connectivity index (χ4v) is 2.93. The number of anilines is 2. The van der Waals surface area contributed by atoms with Crippen LogP contribution in [0.25, 0.3) is 0 Å². The number of nitrogens with one attached hydrogen (secondary N) is 1. The maximum Gasteiger partial charge on any atom is 0.321 e. The van der Waals surface area contributed by atoms with Gasteiger partial charge in [-0.2, -0.15) is 5.26 Å². The molecule has 0 aromatic heterocycles. The van der Waals surface area contributed by atoms with Gasteiger partial charge in [-0.1, -0.05) is 6.07 Å². The summed E-state index contributed by atoms with van der Waals surface area (Å²) in [6, 6.07) is 16.4. The van der Waals surface area contributed by atoms with Crippen LogP contribution in [-0.2, 0) is 0 Å². The molecule has 1 aliphatic heterocycles. The van der Waals surface area contributed by atoms with Crippen molar-refractivity contribution >= 4 is 23.2 Å². The smallest absolute Gasteiger partial charge is 0.321 e. The van der Waals surface area contributed by atoms with Crippen LogP contribution in [0.3, 0.4) is 0 Å². The molecule has 1 aliphatic rings. The third-order valence-corrected chi connectivity index (χ3v) is 4.45. The van der Waals surface area contributed by atoms with Crippen LogP contribution in [0.5, 0.6) is 0 Å². The molecule has 132 valence electrons. The molecule has 3 rings (SSSR count). The second kappa shape index (κ2) is 7.70. The van der Waals surface area contributed by atoms with Crippen molar-refractivity contribution in [3.63, 3.8) is 0 Å². The average Bonchev–Trinajstić information content (AvgIpc) is 2.68. The largest absolute Gasteiger partial charge is 0.368 e. The summed E-state index contributed by atoms with van der Waals surface area (Å²) in [6.07, 6.45) is 0. The van der Waals surface area contributed by atoms with Gasteiger partial charge in [0.1, 0.15) is 0 Å². The number of urea groups is 1. The number of Topliss-reactive ketones (excluding diaryl/α,β-unsaturated/α-hetero) is 1. The van der Waals surface area contributed by atoms with Gasteiger partial charge in [-0.15, -0.1) is 0 Å². The fraction of sp³-hybridized carbons (Fsp3) is 0.250. The van der Waals surface area contributed by atoms with E-state index in [1.165, 1.54) is 6.92 Å². The fourth-order valence-electron chi connectivity index (χ4n) is 2.93. The van der Waals surface area contributed by atoms with Crippen molar-refractivity contribution in [2.24, 2.45) is 0 Å². The van der Waals surface area contributed by atoms with Gasteiger partial charge in [0.05, 0.1) is 11.6 Å². The van der Waals surface area contributed by atoms with Crippen LogP contribution < -0.4 is 10.2 Å². The lowest BCUT2D eigenvalue weighted by Crippen LogP contribution is -2.50. The first kappa shape index (κ1) is 17.5. The maximum absolute atomic E-state index is 12.4. The first-order valence-corrected chi connectivity index (χ1v) is 8.49. The van der Waals surface area contributed by atoms with E-state index in [0.29, 0.717) is 43.0 Å². The number of carbonyl (C=O) groups excluding carboxylic acids is 2. The highest BCUT2D eigenvalue weighted by Gasteiger charge is 2.21. The van der Waals surface area contributed by atoms with E-state index in [1.54, 1.807) is 35.2 Å². The van der Waals surface area contributed by atoms with Crippen LogP contribution >= 0.6 is 0 Å². The Morgan fingerprint density at radius 2 is 1.73 bits per heavy atom. The number of piperazine rings is 1. The lowest BCUT2D eigenvalue weighted by molar-refractivity contribution is 0.101. The minimum Gasteiger partial charge on any atom is -0.368 e. The number of carbonyl (C=O) groups is 2. The minimum atomic E-state index is -0.147. The number of amides is 2. The Labute approximate surface area is 152 Å². The van der Waals surface area contributed by atoms with Crippen LogP contribution in [0.4, 0.5) is 16.2 Å². The van der Waals surface area contributed by atoms with Crippen LogP contribution in [0.15, 0.2) is 48.5 Å². The zero-order chi connectivity index (χ0) is 18.5. The molecule has 1 fully saturated rings. The summed E-state index contributed by atoms with van der Waals surface area (Å²) in [5, 5.41) is 11.9. The Morgan fingerprint density at radius 3 is 2.35 bits per heavy atom. The van der Waals surface area contributed by atoms with Crippen LogP contribution in [-0.4, -0.2) is 42.9 Å². The van der Waals surface area contributed by atoms with Crippen LogP contribution in [0.1, 0.15) is 22.8 Å². The lowest BCUT2D eigenvalue weighted by atomic mass is 10.1. The van der Waals surface area contributed by atoms with Gasteiger partial charge < -0.3 is 15.1 Å². The summed E-state index contributed by atoms with van der Waals surface area (Å²) < 4.78 is 0. The minimum absolute atomic E-state index is 0.000495. The van der Waals surface area contributed by atoms with Gasteiger partial charge in [0.2, 0.25) is 0 Å². The van der Waals surface area contributed by atoms with Gasteiger partial charge in [0.15, 0.2) is 5.78 Å². The number of rotatable bonds is 3. The van der Waals surface area contributed by atoms with Gasteiger partial charge >= 0.3 is 6.03 Å². The topological polar surface area (TPSA) is 76.4 Å². The van der Waals surface area contributed by atoms with E-state index < -0.39 is 0 Å². The molecular weight excluding hydrogens is 328 g/mol. The molecule has 0 atom stereocenters. The van der Waals surface area contributed by atoms with Gasteiger partial charge in [0, 0.05) is 43.1 Å². The zero-order valence-electron chi connectivity index (χ0n) is 14.6. The van der Waals surface area contributed by atoms with Gasteiger partial charge in [-0.25, -0.2) is 4.79 Å². The molecule has 1 saturated heterocycles. The van der Waals surface area contributed by atoms with E-state index in [-0.39, 0.29) is 11.8 Å². The molecule has 1 heterocycles. The Hall–Kier alpha value is -3.33. The quantitative estimate of drug-likeness (QED) is 0.865. The second-order valence-electron chi connectivity index (χ2n) is 6.20. The molecule has 0 bridgehead atoms. The van der Waals surface area contributed by atoms with E-state index >= 15 is 0 Å². The van der Waals surface area contributed by atoms with Gasteiger partial charge in [-0.3, -0.25) is 4.79 Å². The first-order chi connectivity index (χ1) is 12.6. The Kier molecular flexibility index (Phi) is 5.18. The Morgan fingerprint density at radius 1 is 1.04 bits per heavy atom. The van der Waals surface area contributed by atoms with Crippen molar-refractivity contribution in [2.75, 3.05) is 36.4 Å². The van der Waals surface area contributed by atoms with Crippen molar-refractivity contribution in [1.29, 1.82) is 5.26 Å². The molecule has 2 aromatic carbocycles. The number of hydrogen-bond donors (Lipinski definition) is 1.